The Morgan fingerprint density at radius 3 is 2.30 bits per heavy atom. The van der Waals surface area contributed by atoms with E-state index >= 15 is 0 Å². The highest BCUT2D eigenvalue weighted by Crippen LogP contribution is 2.39. The molecule has 3 aromatic carbocycles. The number of carbonyl (C=O) groups excluding carboxylic acids is 1. The number of methoxy groups -OCH3 is 3. The van der Waals surface area contributed by atoms with Gasteiger partial charge in [-0.25, -0.2) is 4.98 Å². The van der Waals surface area contributed by atoms with Crippen LogP contribution in [0.15, 0.2) is 60.8 Å². The van der Waals surface area contributed by atoms with Crippen molar-refractivity contribution in [2.45, 2.75) is 0 Å². The van der Waals surface area contributed by atoms with Crippen LogP contribution < -0.4 is 14.2 Å². The van der Waals surface area contributed by atoms with Crippen molar-refractivity contribution < 1.29 is 19.0 Å². The van der Waals surface area contributed by atoms with Crippen LogP contribution in [0.3, 0.4) is 0 Å². The van der Waals surface area contributed by atoms with E-state index in [9.17, 15) is 4.79 Å². The number of fused-ring (bicyclic) bond motifs is 2. The Kier molecular flexibility index (Phi) is 5.01. The highest BCUT2D eigenvalue weighted by atomic mass is 16.5. The number of para-hydroxylation sites is 2. The van der Waals surface area contributed by atoms with Gasteiger partial charge >= 0.3 is 0 Å². The summed E-state index contributed by atoms with van der Waals surface area (Å²) in [5.74, 6) is 1.94. The molecule has 0 fully saturated rings. The van der Waals surface area contributed by atoms with Crippen LogP contribution in [-0.4, -0.2) is 41.6 Å². The van der Waals surface area contributed by atoms with Gasteiger partial charge in [-0.1, -0.05) is 12.1 Å². The van der Waals surface area contributed by atoms with Gasteiger partial charge in [-0.15, -0.1) is 0 Å². The van der Waals surface area contributed by atoms with Crippen molar-refractivity contribution in [2.24, 2.45) is 7.05 Å². The topological polar surface area (TPSA) is 78.4 Å². The van der Waals surface area contributed by atoms with Gasteiger partial charge in [0.05, 0.1) is 32.4 Å². The van der Waals surface area contributed by atoms with Crippen LogP contribution in [0.25, 0.3) is 33.3 Å². The van der Waals surface area contributed by atoms with Gasteiger partial charge in [-0.2, -0.15) is 0 Å². The molecule has 7 nitrogen and oxygen atoms in total. The van der Waals surface area contributed by atoms with Gasteiger partial charge in [0, 0.05) is 40.8 Å². The molecule has 0 aliphatic rings. The van der Waals surface area contributed by atoms with Gasteiger partial charge < -0.3 is 23.8 Å². The van der Waals surface area contributed by atoms with E-state index in [1.807, 2.05) is 60.3 Å². The van der Waals surface area contributed by atoms with Crippen LogP contribution in [0.2, 0.25) is 0 Å². The average molecular weight is 441 g/mol. The molecule has 0 spiro atoms. The zero-order chi connectivity index (χ0) is 23.1. The summed E-state index contributed by atoms with van der Waals surface area (Å²) in [6, 6.07) is 16.9. The number of aryl methyl sites for hydroxylation is 1. The van der Waals surface area contributed by atoms with Crippen molar-refractivity contribution in [1.29, 1.82) is 0 Å². The molecule has 0 unspecified atom stereocenters. The summed E-state index contributed by atoms with van der Waals surface area (Å²) < 4.78 is 18.2. The number of hydrogen-bond donors (Lipinski definition) is 1. The van der Waals surface area contributed by atoms with Gasteiger partial charge in [0.15, 0.2) is 17.3 Å². The summed E-state index contributed by atoms with van der Waals surface area (Å²) in [5.41, 5.74) is 4.81. The predicted molar refractivity (Wildman–Crippen MR) is 128 cm³/mol. The first-order valence-corrected chi connectivity index (χ1v) is 10.4. The quantitative estimate of drug-likeness (QED) is 0.376. The molecule has 0 atom stereocenters. The second-order valence-electron chi connectivity index (χ2n) is 7.73. The summed E-state index contributed by atoms with van der Waals surface area (Å²) in [6.45, 7) is 0. The number of ketones is 1. The summed E-state index contributed by atoms with van der Waals surface area (Å²) in [4.78, 5) is 21.6. The Balaban J connectivity index is 1.63. The molecule has 2 heterocycles. The number of aromatic amines is 1. The average Bonchev–Trinajstić information content (AvgIpc) is 3.43. The number of imidazole rings is 1. The minimum Gasteiger partial charge on any atom is -0.493 e. The SMILES string of the molecule is COc1cc(C(=O)c2ccc3c(c2)c(-c2nc4ccccc4[nH]2)cn3C)cc(OC)c1OC. The lowest BCUT2D eigenvalue weighted by Gasteiger charge is -2.13. The second kappa shape index (κ2) is 8.02. The lowest BCUT2D eigenvalue weighted by molar-refractivity contribution is 0.103. The molecule has 33 heavy (non-hydrogen) atoms. The third-order valence-electron chi connectivity index (χ3n) is 5.82. The number of nitrogens with zero attached hydrogens (tertiary/aromatic N) is 2. The first kappa shape index (κ1) is 20.6. The summed E-state index contributed by atoms with van der Waals surface area (Å²) in [6.07, 6.45) is 2.02. The second-order valence-corrected chi connectivity index (χ2v) is 7.73. The number of benzene rings is 3. The van der Waals surface area contributed by atoms with Crippen LogP contribution >= 0.6 is 0 Å². The summed E-state index contributed by atoms with van der Waals surface area (Å²) >= 11 is 0. The van der Waals surface area contributed by atoms with E-state index in [1.165, 1.54) is 21.3 Å². The Bertz CT molecular complexity index is 1460. The number of nitrogens with one attached hydrogen (secondary N) is 1. The van der Waals surface area contributed by atoms with Gasteiger partial charge in [-0.05, 0) is 42.5 Å². The van der Waals surface area contributed by atoms with E-state index in [1.54, 1.807) is 12.1 Å². The normalized spacial score (nSPS) is 11.2. The Labute approximate surface area is 190 Å². The number of rotatable bonds is 6. The van der Waals surface area contributed by atoms with Crippen molar-refractivity contribution in [2.75, 3.05) is 21.3 Å². The summed E-state index contributed by atoms with van der Waals surface area (Å²) in [7, 11) is 6.57. The van der Waals surface area contributed by atoms with E-state index < -0.39 is 0 Å². The molecule has 0 aliphatic carbocycles. The molecule has 1 N–H and O–H groups in total. The third kappa shape index (κ3) is 3.38. The zero-order valence-corrected chi connectivity index (χ0v) is 18.8. The molecule has 166 valence electrons. The van der Waals surface area contributed by atoms with Crippen molar-refractivity contribution in [3.8, 4) is 28.6 Å². The Morgan fingerprint density at radius 1 is 0.909 bits per heavy atom. The van der Waals surface area contributed by atoms with Gasteiger partial charge in [0.2, 0.25) is 5.75 Å². The molecule has 0 aliphatic heterocycles. The molecular weight excluding hydrogens is 418 g/mol. The van der Waals surface area contributed by atoms with Crippen LogP contribution in [0.5, 0.6) is 17.2 Å². The molecule has 5 rings (SSSR count). The highest BCUT2D eigenvalue weighted by Gasteiger charge is 2.20. The maximum Gasteiger partial charge on any atom is 0.203 e. The van der Waals surface area contributed by atoms with Crippen molar-refractivity contribution in [1.82, 2.24) is 14.5 Å². The van der Waals surface area contributed by atoms with Gasteiger partial charge in [-0.3, -0.25) is 4.79 Å². The molecule has 0 saturated carbocycles. The fourth-order valence-electron chi connectivity index (χ4n) is 4.18. The van der Waals surface area contributed by atoms with Crippen LogP contribution in [0.4, 0.5) is 0 Å². The Morgan fingerprint density at radius 2 is 1.64 bits per heavy atom. The van der Waals surface area contributed by atoms with E-state index in [4.69, 9.17) is 19.2 Å². The molecule has 5 aromatic rings. The zero-order valence-electron chi connectivity index (χ0n) is 18.8. The van der Waals surface area contributed by atoms with Crippen molar-refractivity contribution in [3.63, 3.8) is 0 Å². The summed E-state index contributed by atoms with van der Waals surface area (Å²) in [5, 5.41) is 0.940. The number of carbonyl (C=O) groups is 1. The van der Waals surface area contributed by atoms with E-state index in [0.29, 0.717) is 28.4 Å². The fraction of sp³-hybridized carbons (Fsp3) is 0.154. The third-order valence-corrected chi connectivity index (χ3v) is 5.82. The first-order chi connectivity index (χ1) is 16.0. The number of ether oxygens (including phenoxy) is 3. The predicted octanol–water partition coefficient (Wildman–Crippen LogP) is 4.98. The van der Waals surface area contributed by atoms with Crippen molar-refractivity contribution >= 4 is 27.7 Å². The maximum atomic E-state index is 13.4. The number of aromatic nitrogens is 3. The molecular formula is C26H23N3O4. The Hall–Kier alpha value is -4.26. The molecule has 0 radical (unpaired) electrons. The first-order valence-electron chi connectivity index (χ1n) is 10.4. The highest BCUT2D eigenvalue weighted by molar-refractivity contribution is 6.12. The minimum absolute atomic E-state index is 0.143. The number of H-pyrrole nitrogens is 1. The van der Waals surface area contributed by atoms with Crippen LogP contribution in [-0.2, 0) is 7.05 Å². The molecule has 0 amide bonds. The molecule has 2 aromatic heterocycles. The van der Waals surface area contributed by atoms with E-state index in [0.717, 1.165) is 33.3 Å². The fourth-order valence-corrected chi connectivity index (χ4v) is 4.18. The molecule has 0 saturated heterocycles. The van der Waals surface area contributed by atoms with Crippen molar-refractivity contribution in [3.05, 3.63) is 71.9 Å². The smallest absolute Gasteiger partial charge is 0.203 e. The lowest BCUT2D eigenvalue weighted by atomic mass is 10.00. The standard InChI is InChI=1S/C26H23N3O4/c1-29-14-18(26-27-19-7-5-6-8-20(19)28-26)17-11-15(9-10-21(17)29)24(30)16-12-22(31-2)25(33-4)23(13-16)32-3/h5-14H,1-4H3,(H,27,28). The van der Waals surface area contributed by atoms with Crippen LogP contribution in [0, 0.1) is 0 Å². The number of hydrogen-bond acceptors (Lipinski definition) is 5. The van der Waals surface area contributed by atoms with Gasteiger partial charge in [0.1, 0.15) is 5.82 Å². The molecule has 0 bridgehead atoms. The monoisotopic (exact) mass is 441 g/mol. The lowest BCUT2D eigenvalue weighted by Crippen LogP contribution is -2.04. The largest absolute Gasteiger partial charge is 0.493 e. The molecule has 7 heteroatoms. The van der Waals surface area contributed by atoms with Gasteiger partial charge in [0.25, 0.3) is 0 Å². The maximum absolute atomic E-state index is 13.4. The minimum atomic E-state index is -0.143. The van der Waals surface area contributed by atoms with Crippen LogP contribution in [0.1, 0.15) is 15.9 Å². The van der Waals surface area contributed by atoms with E-state index in [-0.39, 0.29) is 5.78 Å². The van der Waals surface area contributed by atoms with E-state index in [2.05, 4.69) is 4.98 Å².